The Morgan fingerprint density at radius 3 is 2.46 bits per heavy atom. The van der Waals surface area contributed by atoms with Crippen LogP contribution < -0.4 is 10.5 Å². The first-order chi connectivity index (χ1) is 12.8. The van der Waals surface area contributed by atoms with Crippen molar-refractivity contribution in [1.29, 1.82) is 0 Å². The lowest BCUT2D eigenvalue weighted by Gasteiger charge is -2.19. The summed E-state index contributed by atoms with van der Waals surface area (Å²) in [5.74, 6) is 0.172. The van der Waals surface area contributed by atoms with Gasteiger partial charge in [-0.3, -0.25) is 9.52 Å². The fourth-order valence-corrected chi connectivity index (χ4v) is 4.23. The Morgan fingerprint density at radius 2 is 1.86 bits per heavy atom. The van der Waals surface area contributed by atoms with Crippen molar-refractivity contribution in [2.24, 2.45) is 11.7 Å². The topological polar surface area (TPSA) is 92.5 Å². The molecule has 2 aromatic carbocycles. The quantitative estimate of drug-likeness (QED) is 0.773. The van der Waals surface area contributed by atoms with Crippen molar-refractivity contribution < 1.29 is 13.2 Å². The van der Waals surface area contributed by atoms with Gasteiger partial charge in [0.05, 0.1) is 17.5 Å². The summed E-state index contributed by atoms with van der Waals surface area (Å²) >= 11 is 0. The zero-order valence-electron chi connectivity index (χ0n) is 16.0. The maximum Gasteiger partial charge on any atom is 0.256 e. The summed E-state index contributed by atoms with van der Waals surface area (Å²) in [5.41, 5.74) is 8.71. The van der Waals surface area contributed by atoms with Crippen LogP contribution in [0.4, 0.5) is 5.69 Å². The largest absolute Gasteiger partial charge is 0.338 e. The maximum absolute atomic E-state index is 13.2. The Balaban J connectivity index is 0.00000280. The van der Waals surface area contributed by atoms with Gasteiger partial charge < -0.3 is 10.6 Å². The number of sulfonamides is 1. The highest BCUT2D eigenvalue weighted by molar-refractivity contribution is 7.92. The van der Waals surface area contributed by atoms with Crippen LogP contribution in [0.3, 0.4) is 0 Å². The third-order valence-corrected chi connectivity index (χ3v) is 5.55. The molecule has 6 nitrogen and oxygen atoms in total. The number of hydrogen-bond donors (Lipinski definition) is 2. The molecule has 2 aromatic rings. The summed E-state index contributed by atoms with van der Waals surface area (Å²) in [7, 11) is -3.48. The fourth-order valence-electron chi connectivity index (χ4n) is 3.65. The average molecular weight is 424 g/mol. The normalized spacial score (nSPS) is 19.2. The van der Waals surface area contributed by atoms with Gasteiger partial charge in [0.15, 0.2) is 0 Å². The number of rotatable bonds is 5. The number of benzene rings is 2. The van der Waals surface area contributed by atoms with Gasteiger partial charge in [-0.1, -0.05) is 42.0 Å². The van der Waals surface area contributed by atoms with Crippen LogP contribution in [-0.2, 0) is 10.0 Å². The number of hydrogen-bond acceptors (Lipinski definition) is 4. The average Bonchev–Trinajstić information content (AvgIpc) is 3.06. The molecule has 1 aliphatic heterocycles. The van der Waals surface area contributed by atoms with Gasteiger partial charge >= 0.3 is 0 Å². The van der Waals surface area contributed by atoms with Crippen molar-refractivity contribution in [2.75, 3.05) is 30.6 Å². The third-order valence-electron chi connectivity index (χ3n) is 4.96. The van der Waals surface area contributed by atoms with E-state index in [1.165, 1.54) is 5.56 Å². The van der Waals surface area contributed by atoms with E-state index in [1.807, 2.05) is 25.1 Å². The number of halogens is 1. The van der Waals surface area contributed by atoms with Crippen LogP contribution >= 0.6 is 12.4 Å². The zero-order valence-corrected chi connectivity index (χ0v) is 17.6. The van der Waals surface area contributed by atoms with Crippen molar-refractivity contribution in [3.05, 3.63) is 65.2 Å². The molecule has 3 N–H and O–H groups in total. The van der Waals surface area contributed by atoms with E-state index in [2.05, 4.69) is 16.9 Å². The molecular formula is C20H26ClN3O3S. The van der Waals surface area contributed by atoms with Gasteiger partial charge in [0.1, 0.15) is 0 Å². The molecule has 0 spiro atoms. The first kappa shape index (κ1) is 22.2. The molecule has 152 valence electrons. The molecule has 0 radical (unpaired) electrons. The van der Waals surface area contributed by atoms with Crippen LogP contribution in [0.5, 0.6) is 0 Å². The van der Waals surface area contributed by atoms with Crippen LogP contribution in [-0.4, -0.2) is 45.1 Å². The van der Waals surface area contributed by atoms with Crippen LogP contribution in [0, 0.1) is 12.8 Å². The monoisotopic (exact) mass is 423 g/mol. The van der Waals surface area contributed by atoms with E-state index in [9.17, 15) is 13.2 Å². The van der Waals surface area contributed by atoms with E-state index in [0.29, 0.717) is 30.9 Å². The van der Waals surface area contributed by atoms with Crippen molar-refractivity contribution in [2.45, 2.75) is 12.8 Å². The number of nitrogens with one attached hydrogen (secondary N) is 1. The number of nitrogens with zero attached hydrogens (tertiary/aromatic N) is 1. The minimum atomic E-state index is -3.48. The predicted molar refractivity (Wildman–Crippen MR) is 115 cm³/mol. The third kappa shape index (κ3) is 5.04. The summed E-state index contributed by atoms with van der Waals surface area (Å²) in [6, 6.07) is 15.2. The molecular weight excluding hydrogens is 398 g/mol. The van der Waals surface area contributed by atoms with Gasteiger partial charge in [-0.25, -0.2) is 8.42 Å². The molecule has 1 aliphatic rings. The molecule has 1 amide bonds. The molecule has 0 aromatic heterocycles. The molecule has 0 unspecified atom stereocenters. The van der Waals surface area contributed by atoms with Crippen molar-refractivity contribution in [1.82, 2.24) is 4.90 Å². The maximum atomic E-state index is 13.2. The van der Waals surface area contributed by atoms with Gasteiger partial charge in [-0.05, 0) is 37.1 Å². The lowest BCUT2D eigenvalue weighted by molar-refractivity contribution is 0.0787. The van der Waals surface area contributed by atoms with E-state index < -0.39 is 10.0 Å². The van der Waals surface area contributed by atoms with E-state index in [4.69, 9.17) is 5.73 Å². The summed E-state index contributed by atoms with van der Waals surface area (Å²) in [4.78, 5) is 15.0. The van der Waals surface area contributed by atoms with Gasteiger partial charge in [0.25, 0.3) is 5.91 Å². The summed E-state index contributed by atoms with van der Waals surface area (Å²) in [5, 5.41) is 0. The Morgan fingerprint density at radius 1 is 1.18 bits per heavy atom. The second-order valence-electron chi connectivity index (χ2n) is 7.15. The molecule has 1 heterocycles. The van der Waals surface area contributed by atoms with Gasteiger partial charge in [0.2, 0.25) is 10.0 Å². The number of carbonyl (C=O) groups is 1. The summed E-state index contributed by atoms with van der Waals surface area (Å²) in [6.45, 7) is 3.49. The van der Waals surface area contributed by atoms with Crippen molar-refractivity contribution in [3.8, 4) is 0 Å². The molecule has 3 rings (SSSR count). The smallest absolute Gasteiger partial charge is 0.256 e. The number of amides is 1. The first-order valence-corrected chi connectivity index (χ1v) is 10.8. The van der Waals surface area contributed by atoms with E-state index in [-0.39, 0.29) is 30.2 Å². The summed E-state index contributed by atoms with van der Waals surface area (Å²) in [6.07, 6.45) is 1.08. The van der Waals surface area contributed by atoms with Crippen LogP contribution in [0.2, 0.25) is 0 Å². The minimum Gasteiger partial charge on any atom is -0.338 e. The number of likely N-dealkylation sites (tertiary alicyclic amines) is 1. The zero-order chi connectivity index (χ0) is 19.6. The molecule has 28 heavy (non-hydrogen) atoms. The van der Waals surface area contributed by atoms with Crippen molar-refractivity contribution >= 4 is 34.0 Å². The van der Waals surface area contributed by atoms with Gasteiger partial charge in [0, 0.05) is 19.0 Å². The second-order valence-corrected chi connectivity index (χ2v) is 8.89. The van der Waals surface area contributed by atoms with Crippen molar-refractivity contribution in [3.63, 3.8) is 0 Å². The first-order valence-electron chi connectivity index (χ1n) is 8.91. The highest BCUT2D eigenvalue weighted by Crippen LogP contribution is 2.33. The highest BCUT2D eigenvalue weighted by atomic mass is 35.5. The Hall–Kier alpha value is -2.09. The Labute approximate surface area is 172 Å². The highest BCUT2D eigenvalue weighted by Gasteiger charge is 2.36. The Bertz CT molecular complexity index is 935. The minimum absolute atomic E-state index is 0. The molecule has 0 bridgehead atoms. The van der Waals surface area contributed by atoms with Gasteiger partial charge in [-0.2, -0.15) is 0 Å². The summed E-state index contributed by atoms with van der Waals surface area (Å²) < 4.78 is 25.8. The molecule has 0 saturated carbocycles. The van der Waals surface area contributed by atoms with E-state index >= 15 is 0 Å². The predicted octanol–water partition coefficient (Wildman–Crippen LogP) is 2.60. The molecule has 2 atom stereocenters. The number of carbonyl (C=O) groups excluding carboxylic acids is 1. The molecule has 1 saturated heterocycles. The molecule has 8 heteroatoms. The van der Waals surface area contributed by atoms with Crippen LogP contribution in [0.15, 0.2) is 48.5 Å². The van der Waals surface area contributed by atoms with E-state index in [0.717, 1.165) is 11.8 Å². The van der Waals surface area contributed by atoms with E-state index in [1.54, 1.807) is 23.1 Å². The SMILES string of the molecule is Cc1ccc(NS(C)(=O)=O)c(C(=O)N2C[C@@H](CN)[C@H](c3ccccc3)C2)c1.Cl. The molecule has 1 fully saturated rings. The number of aryl methyl sites for hydroxylation is 1. The number of nitrogens with two attached hydrogens (primary N) is 1. The lowest BCUT2D eigenvalue weighted by atomic mass is 9.89. The Kier molecular flexibility index (Phi) is 7.09. The molecule has 0 aliphatic carbocycles. The lowest BCUT2D eigenvalue weighted by Crippen LogP contribution is -2.30. The fraction of sp³-hybridized carbons (Fsp3) is 0.350. The van der Waals surface area contributed by atoms with Crippen LogP contribution in [0.1, 0.15) is 27.4 Å². The van der Waals surface area contributed by atoms with Gasteiger partial charge in [-0.15, -0.1) is 12.4 Å². The number of anilines is 1. The van der Waals surface area contributed by atoms with Crippen LogP contribution in [0.25, 0.3) is 0 Å². The standard InChI is InChI=1S/C20H25N3O3S.ClH/c1-14-8-9-19(22-27(2,25)26)17(10-14)20(24)23-12-16(11-21)18(13-23)15-6-4-3-5-7-15;/h3-10,16,18,22H,11-13,21H2,1-2H3;1H/t16-,18+;/m1./s1. The second kappa shape index (κ2) is 8.94.